The van der Waals surface area contributed by atoms with E-state index in [2.05, 4.69) is 4.74 Å². The van der Waals surface area contributed by atoms with Crippen LogP contribution in [0.2, 0.25) is 0 Å². The molecule has 1 amide bonds. The summed E-state index contributed by atoms with van der Waals surface area (Å²) in [6.07, 6.45) is 0.0420. The Bertz CT molecular complexity index is 558. The van der Waals surface area contributed by atoms with Crippen molar-refractivity contribution in [2.24, 2.45) is 0 Å². The maximum Gasteiger partial charge on any atom is 0.307 e. The number of para-hydroxylation sites is 2. The molecule has 0 aliphatic rings. The van der Waals surface area contributed by atoms with Gasteiger partial charge in [0.15, 0.2) is 18.1 Å². The van der Waals surface area contributed by atoms with Gasteiger partial charge in [-0.25, -0.2) is 0 Å². The quantitative estimate of drug-likeness (QED) is 0.681. The van der Waals surface area contributed by atoms with E-state index in [1.165, 1.54) is 19.1 Å². The first-order valence-electron chi connectivity index (χ1n) is 7.59. The number of aliphatic hydroxyl groups excluding tert-OH is 1. The highest BCUT2D eigenvalue weighted by molar-refractivity contribution is 5.79. The molecule has 0 atom stereocenters. The van der Waals surface area contributed by atoms with Crippen molar-refractivity contribution in [1.82, 2.24) is 4.90 Å². The first-order valence-corrected chi connectivity index (χ1v) is 7.59. The summed E-state index contributed by atoms with van der Waals surface area (Å²) in [7, 11) is 2.80. The summed E-state index contributed by atoms with van der Waals surface area (Å²) in [5.41, 5.74) is -0.824. The Labute approximate surface area is 142 Å². The van der Waals surface area contributed by atoms with E-state index in [0.717, 1.165) is 0 Å². The maximum absolute atomic E-state index is 12.5. The van der Waals surface area contributed by atoms with Crippen LogP contribution in [0, 0.1) is 0 Å². The van der Waals surface area contributed by atoms with Gasteiger partial charge in [-0.3, -0.25) is 9.59 Å². The van der Waals surface area contributed by atoms with Crippen molar-refractivity contribution in [3.8, 4) is 11.5 Å². The van der Waals surface area contributed by atoms with Crippen LogP contribution in [0.4, 0.5) is 0 Å². The monoisotopic (exact) mass is 339 g/mol. The van der Waals surface area contributed by atoms with Crippen LogP contribution in [0.1, 0.15) is 20.3 Å². The molecule has 7 nitrogen and oxygen atoms in total. The molecule has 0 saturated heterocycles. The average Bonchev–Trinajstić information content (AvgIpc) is 2.59. The Kier molecular flexibility index (Phi) is 7.51. The lowest BCUT2D eigenvalue weighted by atomic mass is 10.0. The number of rotatable bonds is 9. The Morgan fingerprint density at radius 2 is 1.79 bits per heavy atom. The second kappa shape index (κ2) is 9.12. The Morgan fingerprint density at radius 3 is 2.33 bits per heavy atom. The van der Waals surface area contributed by atoms with Gasteiger partial charge in [0.2, 0.25) is 0 Å². The van der Waals surface area contributed by atoms with Gasteiger partial charge < -0.3 is 24.2 Å². The summed E-state index contributed by atoms with van der Waals surface area (Å²) < 4.78 is 15.3. The third kappa shape index (κ3) is 5.42. The molecule has 0 spiro atoms. The molecule has 1 aromatic rings. The van der Waals surface area contributed by atoms with Crippen LogP contribution in [-0.2, 0) is 14.3 Å². The van der Waals surface area contributed by atoms with Crippen molar-refractivity contribution in [3.05, 3.63) is 24.3 Å². The molecule has 7 heteroatoms. The lowest BCUT2D eigenvalue weighted by molar-refractivity contribution is -0.145. The van der Waals surface area contributed by atoms with Crippen molar-refractivity contribution in [2.75, 3.05) is 34.0 Å². The molecule has 0 aromatic heterocycles. The molecule has 0 heterocycles. The highest BCUT2D eigenvalue weighted by Crippen LogP contribution is 2.26. The predicted octanol–water partition coefficient (Wildman–Crippen LogP) is 1.24. The van der Waals surface area contributed by atoms with Gasteiger partial charge in [0.05, 0.1) is 32.8 Å². The van der Waals surface area contributed by atoms with E-state index >= 15 is 0 Å². The van der Waals surface area contributed by atoms with Gasteiger partial charge >= 0.3 is 5.97 Å². The van der Waals surface area contributed by atoms with Crippen LogP contribution >= 0.6 is 0 Å². The number of methoxy groups -OCH3 is 2. The number of hydrogen-bond donors (Lipinski definition) is 1. The van der Waals surface area contributed by atoms with E-state index in [-0.39, 0.29) is 32.1 Å². The fourth-order valence-electron chi connectivity index (χ4n) is 2.11. The van der Waals surface area contributed by atoms with Crippen molar-refractivity contribution in [2.45, 2.75) is 25.8 Å². The van der Waals surface area contributed by atoms with Crippen molar-refractivity contribution < 1.29 is 28.9 Å². The second-order valence-corrected chi connectivity index (χ2v) is 5.78. The van der Waals surface area contributed by atoms with Crippen LogP contribution in [0.3, 0.4) is 0 Å². The molecular weight excluding hydrogens is 314 g/mol. The minimum Gasteiger partial charge on any atom is -0.493 e. The minimum absolute atomic E-state index is 0.0420. The largest absolute Gasteiger partial charge is 0.493 e. The van der Waals surface area contributed by atoms with Crippen molar-refractivity contribution in [3.63, 3.8) is 0 Å². The fourth-order valence-corrected chi connectivity index (χ4v) is 2.11. The zero-order valence-electron chi connectivity index (χ0n) is 14.6. The number of aliphatic hydroxyl groups is 1. The standard InChI is InChI=1S/C17H25NO6/c1-17(2,12-19)18(10-9-16(21)23-4)15(20)11-24-14-8-6-5-7-13(14)22-3/h5-8,19H,9-12H2,1-4H3. The first kappa shape index (κ1) is 19.8. The van der Waals surface area contributed by atoms with Crippen molar-refractivity contribution in [1.29, 1.82) is 0 Å². The highest BCUT2D eigenvalue weighted by Gasteiger charge is 2.31. The van der Waals surface area contributed by atoms with E-state index in [4.69, 9.17) is 9.47 Å². The third-order valence-electron chi connectivity index (χ3n) is 3.61. The van der Waals surface area contributed by atoms with Gasteiger partial charge in [-0.15, -0.1) is 0 Å². The Balaban J connectivity index is 2.78. The van der Waals surface area contributed by atoms with E-state index in [9.17, 15) is 14.7 Å². The number of ether oxygens (including phenoxy) is 3. The summed E-state index contributed by atoms with van der Waals surface area (Å²) in [4.78, 5) is 25.3. The van der Waals surface area contributed by atoms with Gasteiger partial charge in [0.25, 0.3) is 5.91 Å². The van der Waals surface area contributed by atoms with Gasteiger partial charge in [0, 0.05) is 6.54 Å². The third-order valence-corrected chi connectivity index (χ3v) is 3.61. The van der Waals surface area contributed by atoms with Gasteiger partial charge in [-0.05, 0) is 26.0 Å². The fraction of sp³-hybridized carbons (Fsp3) is 0.529. The molecule has 0 saturated carbocycles. The van der Waals surface area contributed by atoms with Crippen LogP contribution in [0.5, 0.6) is 11.5 Å². The topological polar surface area (TPSA) is 85.3 Å². The molecule has 0 unspecified atom stereocenters. The molecule has 134 valence electrons. The molecule has 0 aliphatic carbocycles. The van der Waals surface area contributed by atoms with E-state index in [0.29, 0.717) is 11.5 Å². The number of carbonyl (C=O) groups is 2. The number of nitrogens with zero attached hydrogens (tertiary/aromatic N) is 1. The Hall–Kier alpha value is -2.28. The molecule has 0 radical (unpaired) electrons. The minimum atomic E-state index is -0.824. The van der Waals surface area contributed by atoms with Crippen LogP contribution in [0.25, 0.3) is 0 Å². The maximum atomic E-state index is 12.5. The lowest BCUT2D eigenvalue weighted by Gasteiger charge is -2.37. The molecular formula is C17H25NO6. The number of hydrogen-bond acceptors (Lipinski definition) is 6. The molecule has 0 aliphatic heterocycles. The van der Waals surface area contributed by atoms with Gasteiger partial charge in [-0.1, -0.05) is 12.1 Å². The zero-order chi connectivity index (χ0) is 18.2. The predicted molar refractivity (Wildman–Crippen MR) is 88.0 cm³/mol. The molecule has 0 fully saturated rings. The van der Waals surface area contributed by atoms with E-state index in [1.807, 2.05) is 0 Å². The van der Waals surface area contributed by atoms with Crippen molar-refractivity contribution >= 4 is 11.9 Å². The summed E-state index contributed by atoms with van der Waals surface area (Å²) in [6.45, 7) is 3.09. The molecule has 1 rings (SSSR count). The van der Waals surface area contributed by atoms with Gasteiger partial charge in [0.1, 0.15) is 0 Å². The molecule has 24 heavy (non-hydrogen) atoms. The lowest BCUT2D eigenvalue weighted by Crippen LogP contribution is -2.52. The summed E-state index contributed by atoms with van der Waals surface area (Å²) in [5.74, 6) is 0.201. The van der Waals surface area contributed by atoms with Crippen LogP contribution < -0.4 is 9.47 Å². The second-order valence-electron chi connectivity index (χ2n) is 5.78. The van der Waals surface area contributed by atoms with Gasteiger partial charge in [-0.2, -0.15) is 0 Å². The number of carbonyl (C=O) groups excluding carboxylic acids is 2. The highest BCUT2D eigenvalue weighted by atomic mass is 16.5. The molecule has 0 bridgehead atoms. The first-order chi connectivity index (χ1) is 11.4. The molecule has 1 aromatic carbocycles. The SMILES string of the molecule is COC(=O)CCN(C(=O)COc1ccccc1OC)C(C)(C)CO. The Morgan fingerprint density at radius 1 is 1.17 bits per heavy atom. The van der Waals surface area contributed by atoms with E-state index < -0.39 is 11.5 Å². The summed E-state index contributed by atoms with van der Waals surface area (Å²) >= 11 is 0. The smallest absolute Gasteiger partial charge is 0.307 e. The van der Waals surface area contributed by atoms with Crippen LogP contribution in [0.15, 0.2) is 24.3 Å². The summed E-state index contributed by atoms with van der Waals surface area (Å²) in [5, 5.41) is 9.53. The van der Waals surface area contributed by atoms with Crippen LogP contribution in [-0.4, -0.2) is 61.4 Å². The van der Waals surface area contributed by atoms with E-state index in [1.54, 1.807) is 38.1 Å². The average molecular weight is 339 g/mol. The zero-order valence-corrected chi connectivity index (χ0v) is 14.6. The number of amides is 1. The normalized spacial score (nSPS) is 10.9. The number of esters is 1. The molecule has 1 N–H and O–H groups in total. The summed E-state index contributed by atoms with van der Waals surface area (Å²) in [6, 6.07) is 6.99. The number of benzene rings is 1.